The monoisotopic (exact) mass is 362 g/mol. The highest BCUT2D eigenvalue weighted by Crippen LogP contribution is 2.33. The van der Waals surface area contributed by atoms with Crippen LogP contribution in [-0.4, -0.2) is 27.6 Å². The predicted octanol–water partition coefficient (Wildman–Crippen LogP) is 3.88. The second-order valence-electron chi connectivity index (χ2n) is 6.59. The number of benzene rings is 2. The van der Waals surface area contributed by atoms with Crippen molar-refractivity contribution in [2.45, 2.75) is 12.3 Å². The lowest BCUT2D eigenvalue weighted by atomic mass is 10.1. The van der Waals surface area contributed by atoms with Crippen LogP contribution in [0, 0.1) is 5.82 Å². The summed E-state index contributed by atoms with van der Waals surface area (Å²) in [5, 5.41) is 5.09. The summed E-state index contributed by atoms with van der Waals surface area (Å²) in [6, 6.07) is 13.8. The van der Waals surface area contributed by atoms with Crippen molar-refractivity contribution in [3.05, 3.63) is 66.4 Å². The molecule has 1 aliphatic heterocycles. The molecule has 1 aliphatic rings. The minimum atomic E-state index is -0.370. The van der Waals surface area contributed by atoms with Gasteiger partial charge in [-0.05, 0) is 36.4 Å². The molecule has 5 rings (SSSR count). The summed E-state index contributed by atoms with van der Waals surface area (Å²) in [6.45, 7) is 0.398. The van der Waals surface area contributed by atoms with Crippen molar-refractivity contribution in [3.8, 4) is 11.5 Å². The second kappa shape index (κ2) is 6.05. The summed E-state index contributed by atoms with van der Waals surface area (Å²) in [4.78, 5) is 21.6. The third-order valence-corrected chi connectivity index (χ3v) is 4.88. The summed E-state index contributed by atoms with van der Waals surface area (Å²) in [5.74, 6) is 0.273. The Labute approximate surface area is 153 Å². The molecule has 1 fully saturated rings. The number of hydrogen-bond donors (Lipinski definition) is 1. The van der Waals surface area contributed by atoms with E-state index in [9.17, 15) is 9.18 Å². The number of anilines is 1. The maximum Gasteiger partial charge on any atom is 0.258 e. The molecule has 0 bridgehead atoms. The van der Waals surface area contributed by atoms with Gasteiger partial charge in [-0.2, -0.15) is 4.98 Å². The minimum Gasteiger partial charge on any atom is -0.361 e. The maximum absolute atomic E-state index is 13.5. The van der Waals surface area contributed by atoms with E-state index in [1.807, 2.05) is 30.5 Å². The van der Waals surface area contributed by atoms with E-state index in [0.717, 1.165) is 16.5 Å². The first-order valence-electron chi connectivity index (χ1n) is 8.65. The van der Waals surface area contributed by atoms with Crippen molar-refractivity contribution in [1.29, 1.82) is 0 Å². The molecule has 1 amide bonds. The van der Waals surface area contributed by atoms with Gasteiger partial charge in [0.05, 0.1) is 0 Å². The Kier molecular flexibility index (Phi) is 3.53. The molecule has 0 aliphatic carbocycles. The van der Waals surface area contributed by atoms with Crippen LogP contribution in [0.3, 0.4) is 0 Å². The molecule has 0 spiro atoms. The quantitative estimate of drug-likeness (QED) is 0.600. The van der Waals surface area contributed by atoms with E-state index in [1.54, 1.807) is 17.0 Å². The van der Waals surface area contributed by atoms with E-state index in [4.69, 9.17) is 4.52 Å². The van der Waals surface area contributed by atoms with Gasteiger partial charge in [-0.3, -0.25) is 4.79 Å². The van der Waals surface area contributed by atoms with Crippen molar-refractivity contribution in [2.75, 3.05) is 11.4 Å². The van der Waals surface area contributed by atoms with Gasteiger partial charge in [0.25, 0.3) is 5.89 Å². The number of nitrogens with one attached hydrogen (secondary N) is 1. The van der Waals surface area contributed by atoms with Crippen molar-refractivity contribution >= 4 is 22.5 Å². The number of nitrogens with zero attached hydrogens (tertiary/aromatic N) is 3. The van der Waals surface area contributed by atoms with Crippen LogP contribution in [0.1, 0.15) is 18.2 Å². The van der Waals surface area contributed by atoms with E-state index in [-0.39, 0.29) is 24.1 Å². The Balaban J connectivity index is 1.44. The molecule has 1 N–H and O–H groups in total. The van der Waals surface area contributed by atoms with Gasteiger partial charge in [-0.15, -0.1) is 0 Å². The van der Waals surface area contributed by atoms with Crippen molar-refractivity contribution in [3.63, 3.8) is 0 Å². The highest BCUT2D eigenvalue weighted by atomic mass is 19.1. The lowest BCUT2D eigenvalue weighted by Gasteiger charge is -2.15. The van der Waals surface area contributed by atoms with Gasteiger partial charge in [-0.25, -0.2) is 4.39 Å². The zero-order chi connectivity index (χ0) is 18.4. The highest BCUT2D eigenvalue weighted by Gasteiger charge is 2.34. The fourth-order valence-corrected chi connectivity index (χ4v) is 3.56. The molecule has 1 unspecified atom stereocenters. The number of rotatable bonds is 3. The molecule has 0 radical (unpaired) electrons. The Morgan fingerprint density at radius 3 is 2.96 bits per heavy atom. The van der Waals surface area contributed by atoms with Gasteiger partial charge in [0, 0.05) is 47.2 Å². The lowest BCUT2D eigenvalue weighted by molar-refractivity contribution is -0.117. The molecule has 2 aromatic heterocycles. The van der Waals surface area contributed by atoms with E-state index < -0.39 is 0 Å². The first-order chi connectivity index (χ1) is 13.2. The van der Waals surface area contributed by atoms with Crippen molar-refractivity contribution in [1.82, 2.24) is 15.1 Å². The average Bonchev–Trinajstić information content (AvgIpc) is 3.40. The number of carbonyl (C=O) groups excluding carboxylic acids is 1. The number of fused-ring (bicyclic) bond motifs is 1. The van der Waals surface area contributed by atoms with Gasteiger partial charge >= 0.3 is 0 Å². The summed E-state index contributed by atoms with van der Waals surface area (Å²) in [5.41, 5.74) is 2.38. The number of H-pyrrole nitrogens is 1. The molecule has 3 heterocycles. The Bertz CT molecular complexity index is 1150. The Morgan fingerprint density at radius 1 is 1.19 bits per heavy atom. The molecule has 7 heteroatoms. The van der Waals surface area contributed by atoms with Crippen LogP contribution in [-0.2, 0) is 4.79 Å². The molecule has 1 saturated heterocycles. The molecular formula is C20H15FN4O2. The van der Waals surface area contributed by atoms with E-state index in [1.165, 1.54) is 12.1 Å². The third-order valence-electron chi connectivity index (χ3n) is 4.88. The standard InChI is InChI=1S/C20H15FN4O2/c21-13-3-1-4-14(10-13)25-11-12(9-18(25)26)19-23-20(27-24-19)16-5-2-6-17-15(16)7-8-22-17/h1-8,10,12,22H,9,11H2. The first-order valence-corrected chi connectivity index (χ1v) is 8.65. The number of carbonyl (C=O) groups is 1. The molecule has 1 atom stereocenters. The fraction of sp³-hybridized carbons (Fsp3) is 0.150. The van der Waals surface area contributed by atoms with Gasteiger partial charge in [0.1, 0.15) is 5.82 Å². The van der Waals surface area contributed by atoms with Gasteiger partial charge < -0.3 is 14.4 Å². The van der Waals surface area contributed by atoms with Crippen LogP contribution in [0.2, 0.25) is 0 Å². The van der Waals surface area contributed by atoms with Crippen LogP contribution in [0.25, 0.3) is 22.4 Å². The summed E-state index contributed by atoms with van der Waals surface area (Å²) < 4.78 is 19.0. The van der Waals surface area contributed by atoms with E-state index in [2.05, 4.69) is 15.1 Å². The summed E-state index contributed by atoms with van der Waals surface area (Å²) >= 11 is 0. The Morgan fingerprint density at radius 2 is 2.07 bits per heavy atom. The van der Waals surface area contributed by atoms with Crippen LogP contribution in [0.5, 0.6) is 0 Å². The summed E-state index contributed by atoms with van der Waals surface area (Å²) in [7, 11) is 0. The zero-order valence-corrected chi connectivity index (χ0v) is 14.2. The smallest absolute Gasteiger partial charge is 0.258 e. The minimum absolute atomic E-state index is 0.0790. The van der Waals surface area contributed by atoms with Crippen LogP contribution in [0.4, 0.5) is 10.1 Å². The Hall–Kier alpha value is -3.48. The summed E-state index contributed by atoms with van der Waals surface area (Å²) in [6.07, 6.45) is 2.13. The number of amides is 1. The molecular weight excluding hydrogens is 347 g/mol. The average molecular weight is 362 g/mol. The zero-order valence-electron chi connectivity index (χ0n) is 14.2. The SMILES string of the molecule is O=C1CC(c2noc(-c3cccc4[nH]ccc34)n2)CN1c1cccc(F)c1. The van der Waals surface area contributed by atoms with Crippen LogP contribution in [0.15, 0.2) is 59.3 Å². The number of halogens is 1. The first kappa shape index (κ1) is 15.7. The maximum atomic E-state index is 13.5. The van der Waals surface area contributed by atoms with E-state index >= 15 is 0 Å². The molecule has 6 nitrogen and oxygen atoms in total. The van der Waals surface area contributed by atoms with Gasteiger partial charge in [0.2, 0.25) is 5.91 Å². The largest absolute Gasteiger partial charge is 0.361 e. The van der Waals surface area contributed by atoms with Gasteiger partial charge in [0.15, 0.2) is 5.82 Å². The molecule has 27 heavy (non-hydrogen) atoms. The highest BCUT2D eigenvalue weighted by molar-refractivity contribution is 5.96. The molecule has 0 saturated carbocycles. The van der Waals surface area contributed by atoms with E-state index in [0.29, 0.717) is 23.9 Å². The predicted molar refractivity (Wildman–Crippen MR) is 97.7 cm³/mol. The third kappa shape index (κ3) is 2.68. The number of aromatic amines is 1. The molecule has 134 valence electrons. The van der Waals surface area contributed by atoms with Crippen molar-refractivity contribution < 1.29 is 13.7 Å². The topological polar surface area (TPSA) is 75.0 Å². The van der Waals surface area contributed by atoms with Gasteiger partial charge in [-0.1, -0.05) is 17.3 Å². The second-order valence-corrected chi connectivity index (χ2v) is 6.59. The van der Waals surface area contributed by atoms with Crippen molar-refractivity contribution in [2.24, 2.45) is 0 Å². The number of hydrogen-bond acceptors (Lipinski definition) is 4. The number of aromatic nitrogens is 3. The van der Waals surface area contributed by atoms with Crippen LogP contribution >= 0.6 is 0 Å². The molecule has 4 aromatic rings. The lowest BCUT2D eigenvalue weighted by Crippen LogP contribution is -2.24. The van der Waals surface area contributed by atoms with Crippen LogP contribution < -0.4 is 4.90 Å². The molecule has 2 aromatic carbocycles. The normalized spacial score (nSPS) is 17.1. The fourth-order valence-electron chi connectivity index (χ4n) is 3.56.